The molecule has 14 heavy (non-hydrogen) atoms. The van der Waals surface area contributed by atoms with Crippen LogP contribution in [0, 0.1) is 18.3 Å². The van der Waals surface area contributed by atoms with E-state index in [4.69, 9.17) is 16.9 Å². The normalized spacial score (nSPS) is 17.5. The summed E-state index contributed by atoms with van der Waals surface area (Å²) in [5.41, 5.74) is 1.33. The second kappa shape index (κ2) is 2.90. The third-order valence-corrected chi connectivity index (χ3v) is 3.06. The Balaban J connectivity index is 2.53. The molecule has 0 unspecified atom stereocenters. The SMILES string of the molecule is Cc1cc(C2(C#N)CC2)cc(Cl)c1O. The first kappa shape index (κ1) is 9.36. The molecule has 0 radical (unpaired) electrons. The molecule has 1 aliphatic rings. The van der Waals surface area contributed by atoms with Gasteiger partial charge in [-0.25, -0.2) is 0 Å². The van der Waals surface area contributed by atoms with Crippen LogP contribution in [0.3, 0.4) is 0 Å². The van der Waals surface area contributed by atoms with Crippen LogP contribution < -0.4 is 0 Å². The molecule has 0 aliphatic heterocycles. The summed E-state index contributed by atoms with van der Waals surface area (Å²) >= 11 is 5.85. The number of hydrogen-bond donors (Lipinski definition) is 1. The molecular formula is C11H10ClNO. The van der Waals surface area contributed by atoms with Crippen molar-refractivity contribution in [3.05, 3.63) is 28.3 Å². The van der Waals surface area contributed by atoms with E-state index >= 15 is 0 Å². The molecule has 1 N–H and O–H groups in total. The summed E-state index contributed by atoms with van der Waals surface area (Å²) in [5.74, 6) is 0.115. The highest BCUT2D eigenvalue weighted by molar-refractivity contribution is 6.32. The van der Waals surface area contributed by atoms with E-state index < -0.39 is 0 Å². The third-order valence-electron chi connectivity index (χ3n) is 2.77. The van der Waals surface area contributed by atoms with Crippen LogP contribution >= 0.6 is 11.6 Å². The number of benzene rings is 1. The van der Waals surface area contributed by atoms with Crippen LogP contribution in [-0.2, 0) is 5.41 Å². The van der Waals surface area contributed by atoms with E-state index in [-0.39, 0.29) is 11.2 Å². The lowest BCUT2D eigenvalue weighted by atomic mass is 9.96. The van der Waals surface area contributed by atoms with Crippen LogP contribution in [0.15, 0.2) is 12.1 Å². The number of phenols is 1. The zero-order valence-electron chi connectivity index (χ0n) is 7.84. The van der Waals surface area contributed by atoms with Crippen molar-refractivity contribution < 1.29 is 5.11 Å². The minimum atomic E-state index is -0.331. The Morgan fingerprint density at radius 3 is 2.57 bits per heavy atom. The van der Waals surface area contributed by atoms with Gasteiger partial charge >= 0.3 is 0 Å². The van der Waals surface area contributed by atoms with Gasteiger partial charge in [0.25, 0.3) is 0 Å². The summed E-state index contributed by atoms with van der Waals surface area (Å²) in [4.78, 5) is 0. The van der Waals surface area contributed by atoms with Crippen molar-refractivity contribution in [1.82, 2.24) is 0 Å². The summed E-state index contributed by atoms with van der Waals surface area (Å²) in [7, 11) is 0. The van der Waals surface area contributed by atoms with Crippen LogP contribution in [-0.4, -0.2) is 5.11 Å². The standard InChI is InChI=1S/C11H10ClNO/c1-7-4-8(5-9(12)10(7)14)11(6-13)2-3-11/h4-5,14H,2-3H2,1H3. The second-order valence-corrected chi connectivity index (χ2v) is 4.22. The number of phenolic OH excluding ortho intramolecular Hbond substituents is 1. The molecule has 0 atom stereocenters. The average Bonchev–Trinajstić information content (AvgIpc) is 2.94. The number of nitrogens with zero attached hydrogens (tertiary/aromatic N) is 1. The maximum atomic E-state index is 9.47. The molecule has 1 saturated carbocycles. The van der Waals surface area contributed by atoms with Gasteiger partial charge in [0.15, 0.2) is 0 Å². The summed E-state index contributed by atoms with van der Waals surface area (Å²) in [6.07, 6.45) is 1.79. The lowest BCUT2D eigenvalue weighted by Gasteiger charge is -2.09. The molecule has 1 aliphatic carbocycles. The Hall–Kier alpha value is -1.20. The van der Waals surface area contributed by atoms with Crippen molar-refractivity contribution in [1.29, 1.82) is 5.26 Å². The van der Waals surface area contributed by atoms with E-state index in [2.05, 4.69) is 6.07 Å². The first-order chi connectivity index (χ1) is 6.59. The van der Waals surface area contributed by atoms with Gasteiger partial charge in [-0.05, 0) is 37.0 Å². The average molecular weight is 208 g/mol. The van der Waals surface area contributed by atoms with Gasteiger partial charge < -0.3 is 5.11 Å². The Labute approximate surface area is 87.7 Å². The molecule has 1 aromatic rings. The number of hydrogen-bond acceptors (Lipinski definition) is 2. The molecule has 3 heteroatoms. The van der Waals surface area contributed by atoms with Crippen LogP contribution in [0.25, 0.3) is 0 Å². The number of aryl methyl sites for hydroxylation is 1. The first-order valence-electron chi connectivity index (χ1n) is 4.50. The van der Waals surface area contributed by atoms with Crippen molar-refractivity contribution in [2.75, 3.05) is 0 Å². The Bertz CT molecular complexity index is 406. The molecule has 2 rings (SSSR count). The predicted molar refractivity (Wildman–Crippen MR) is 54.4 cm³/mol. The van der Waals surface area contributed by atoms with Crippen molar-refractivity contribution in [2.45, 2.75) is 25.2 Å². The third kappa shape index (κ3) is 1.25. The van der Waals surface area contributed by atoms with E-state index in [0.717, 1.165) is 24.0 Å². The monoisotopic (exact) mass is 207 g/mol. The van der Waals surface area contributed by atoms with Crippen molar-refractivity contribution >= 4 is 11.6 Å². The van der Waals surface area contributed by atoms with E-state index in [0.29, 0.717) is 5.02 Å². The quantitative estimate of drug-likeness (QED) is 0.770. The van der Waals surface area contributed by atoms with Gasteiger partial charge in [0.05, 0.1) is 16.5 Å². The van der Waals surface area contributed by atoms with Gasteiger partial charge in [-0.15, -0.1) is 0 Å². The van der Waals surface area contributed by atoms with Gasteiger partial charge in [0.2, 0.25) is 0 Å². The number of aromatic hydroxyl groups is 1. The molecule has 2 nitrogen and oxygen atoms in total. The maximum Gasteiger partial charge on any atom is 0.137 e. The molecule has 0 saturated heterocycles. The largest absolute Gasteiger partial charge is 0.506 e. The molecule has 72 valence electrons. The van der Waals surface area contributed by atoms with E-state index in [1.807, 2.05) is 6.07 Å². The molecule has 0 heterocycles. The molecule has 0 aromatic heterocycles. The maximum absolute atomic E-state index is 9.47. The fourth-order valence-electron chi connectivity index (χ4n) is 1.60. The van der Waals surface area contributed by atoms with Crippen LogP contribution in [0.5, 0.6) is 5.75 Å². The van der Waals surface area contributed by atoms with Crippen LogP contribution in [0.4, 0.5) is 0 Å². The Morgan fingerprint density at radius 1 is 1.50 bits per heavy atom. The zero-order chi connectivity index (χ0) is 10.3. The lowest BCUT2D eigenvalue weighted by molar-refractivity contribution is 0.471. The Kier molecular flexibility index (Phi) is 1.94. The van der Waals surface area contributed by atoms with Crippen LogP contribution in [0.1, 0.15) is 24.0 Å². The minimum Gasteiger partial charge on any atom is -0.506 e. The van der Waals surface area contributed by atoms with Crippen molar-refractivity contribution in [2.24, 2.45) is 0 Å². The van der Waals surface area contributed by atoms with Crippen LogP contribution in [0.2, 0.25) is 5.02 Å². The van der Waals surface area contributed by atoms with Gasteiger partial charge in [-0.3, -0.25) is 0 Å². The second-order valence-electron chi connectivity index (χ2n) is 3.82. The molecule has 0 spiro atoms. The topological polar surface area (TPSA) is 44.0 Å². The number of nitriles is 1. The summed E-state index contributed by atoms with van der Waals surface area (Å²) in [5, 5.41) is 18.8. The molecular weight excluding hydrogens is 198 g/mol. The summed E-state index contributed by atoms with van der Waals surface area (Å²) < 4.78 is 0. The molecule has 1 aromatic carbocycles. The zero-order valence-corrected chi connectivity index (χ0v) is 8.60. The minimum absolute atomic E-state index is 0.115. The van der Waals surface area contributed by atoms with Crippen molar-refractivity contribution in [3.8, 4) is 11.8 Å². The van der Waals surface area contributed by atoms with E-state index in [1.165, 1.54) is 0 Å². The fraction of sp³-hybridized carbons (Fsp3) is 0.364. The Morgan fingerprint density at radius 2 is 2.14 bits per heavy atom. The van der Waals surface area contributed by atoms with Gasteiger partial charge in [0.1, 0.15) is 5.75 Å². The highest BCUT2D eigenvalue weighted by Gasteiger charge is 2.45. The first-order valence-corrected chi connectivity index (χ1v) is 4.88. The van der Waals surface area contributed by atoms with Crippen molar-refractivity contribution in [3.63, 3.8) is 0 Å². The van der Waals surface area contributed by atoms with Gasteiger partial charge in [-0.1, -0.05) is 17.7 Å². The van der Waals surface area contributed by atoms with Gasteiger partial charge in [-0.2, -0.15) is 5.26 Å². The fourth-order valence-corrected chi connectivity index (χ4v) is 1.87. The highest BCUT2D eigenvalue weighted by atomic mass is 35.5. The van der Waals surface area contributed by atoms with Gasteiger partial charge in [0, 0.05) is 0 Å². The predicted octanol–water partition coefficient (Wildman–Crippen LogP) is 2.91. The van der Waals surface area contributed by atoms with E-state index in [1.54, 1.807) is 13.0 Å². The molecule has 0 bridgehead atoms. The molecule has 1 fully saturated rings. The smallest absolute Gasteiger partial charge is 0.137 e. The number of rotatable bonds is 1. The summed E-state index contributed by atoms with van der Waals surface area (Å²) in [6, 6.07) is 5.84. The number of halogens is 1. The molecule has 0 amide bonds. The lowest BCUT2D eigenvalue weighted by Crippen LogP contribution is -2.02. The highest BCUT2D eigenvalue weighted by Crippen LogP contribution is 2.49. The summed E-state index contributed by atoms with van der Waals surface area (Å²) in [6.45, 7) is 1.79. The van der Waals surface area contributed by atoms with E-state index in [9.17, 15) is 5.11 Å².